The summed E-state index contributed by atoms with van der Waals surface area (Å²) in [4.78, 5) is 0. The highest BCUT2D eigenvalue weighted by atomic mass is 16.5. The zero-order chi connectivity index (χ0) is 11.1. The fourth-order valence-electron chi connectivity index (χ4n) is 2.84. The first kappa shape index (κ1) is 13.0. The summed E-state index contributed by atoms with van der Waals surface area (Å²) in [5.41, 5.74) is 0. The molecule has 1 N–H and O–H groups in total. The van der Waals surface area contributed by atoms with E-state index < -0.39 is 0 Å². The van der Waals surface area contributed by atoms with Crippen molar-refractivity contribution < 1.29 is 4.74 Å². The summed E-state index contributed by atoms with van der Waals surface area (Å²) in [6.07, 6.45) is 8.54. The van der Waals surface area contributed by atoms with Gasteiger partial charge in [-0.05, 0) is 39.2 Å². The maximum absolute atomic E-state index is 5.96. The number of hydrogen-bond donors (Lipinski definition) is 1. The Morgan fingerprint density at radius 3 is 2.33 bits per heavy atom. The van der Waals surface area contributed by atoms with Crippen LogP contribution in [0.2, 0.25) is 0 Å². The second-order valence-electron chi connectivity index (χ2n) is 4.62. The van der Waals surface area contributed by atoms with Gasteiger partial charge in [-0.2, -0.15) is 0 Å². The van der Waals surface area contributed by atoms with Crippen LogP contribution in [-0.4, -0.2) is 25.8 Å². The van der Waals surface area contributed by atoms with Crippen LogP contribution in [0.1, 0.15) is 52.4 Å². The Morgan fingerprint density at radius 2 is 1.87 bits per heavy atom. The van der Waals surface area contributed by atoms with Crippen LogP contribution in [0.25, 0.3) is 0 Å². The predicted octanol–water partition coefficient (Wildman–Crippen LogP) is 2.97. The molecule has 2 nitrogen and oxygen atoms in total. The van der Waals surface area contributed by atoms with Gasteiger partial charge in [-0.15, -0.1) is 0 Å². The van der Waals surface area contributed by atoms with Crippen molar-refractivity contribution in [1.82, 2.24) is 5.32 Å². The van der Waals surface area contributed by atoms with E-state index in [4.69, 9.17) is 4.74 Å². The van der Waals surface area contributed by atoms with E-state index in [1.807, 2.05) is 0 Å². The van der Waals surface area contributed by atoms with E-state index in [0.717, 1.165) is 18.9 Å². The van der Waals surface area contributed by atoms with Crippen LogP contribution < -0.4 is 5.32 Å². The van der Waals surface area contributed by atoms with E-state index in [9.17, 15) is 0 Å². The largest absolute Gasteiger partial charge is 0.377 e. The molecule has 1 aliphatic rings. The maximum atomic E-state index is 5.96. The van der Waals surface area contributed by atoms with Gasteiger partial charge in [0.15, 0.2) is 0 Å². The average molecular weight is 213 g/mol. The molecule has 15 heavy (non-hydrogen) atoms. The molecule has 1 fully saturated rings. The van der Waals surface area contributed by atoms with Gasteiger partial charge < -0.3 is 10.1 Å². The van der Waals surface area contributed by atoms with Gasteiger partial charge in [0, 0.05) is 12.6 Å². The summed E-state index contributed by atoms with van der Waals surface area (Å²) in [6.45, 7) is 5.20. The molecule has 0 aliphatic heterocycles. The molecule has 0 aromatic heterocycles. The molecule has 2 heteroatoms. The van der Waals surface area contributed by atoms with Gasteiger partial charge in [0.2, 0.25) is 0 Å². The summed E-state index contributed by atoms with van der Waals surface area (Å²) >= 11 is 0. The number of ether oxygens (including phenoxy) is 1. The van der Waals surface area contributed by atoms with Crippen LogP contribution in [0.5, 0.6) is 0 Å². The van der Waals surface area contributed by atoms with Gasteiger partial charge in [0.05, 0.1) is 6.10 Å². The van der Waals surface area contributed by atoms with Gasteiger partial charge in [0.1, 0.15) is 0 Å². The fourth-order valence-corrected chi connectivity index (χ4v) is 2.84. The van der Waals surface area contributed by atoms with Crippen molar-refractivity contribution in [3.63, 3.8) is 0 Å². The van der Waals surface area contributed by atoms with Crippen LogP contribution in [0.15, 0.2) is 0 Å². The molecule has 0 radical (unpaired) electrons. The molecule has 90 valence electrons. The normalized spacial score (nSPS) is 22.6. The average Bonchev–Trinajstić information content (AvgIpc) is 2.30. The summed E-state index contributed by atoms with van der Waals surface area (Å²) < 4.78 is 5.96. The number of nitrogens with one attached hydrogen (secondary N) is 1. The third-order valence-electron chi connectivity index (χ3n) is 3.68. The molecule has 0 saturated heterocycles. The Balaban J connectivity index is 2.53. The van der Waals surface area contributed by atoms with E-state index in [0.29, 0.717) is 12.1 Å². The molecule has 0 aromatic rings. The van der Waals surface area contributed by atoms with Crippen LogP contribution in [0.3, 0.4) is 0 Å². The second-order valence-corrected chi connectivity index (χ2v) is 4.62. The Kier molecular flexibility index (Phi) is 6.26. The van der Waals surface area contributed by atoms with Crippen molar-refractivity contribution in [2.75, 3.05) is 13.7 Å². The smallest absolute Gasteiger partial charge is 0.0755 e. The van der Waals surface area contributed by atoms with Crippen LogP contribution in [-0.2, 0) is 4.74 Å². The first-order chi connectivity index (χ1) is 7.33. The highest BCUT2D eigenvalue weighted by Crippen LogP contribution is 2.30. The molecule has 0 amide bonds. The Morgan fingerprint density at radius 1 is 1.20 bits per heavy atom. The van der Waals surface area contributed by atoms with Crippen molar-refractivity contribution in [2.24, 2.45) is 5.92 Å². The molecule has 1 saturated carbocycles. The van der Waals surface area contributed by atoms with Crippen LogP contribution in [0.4, 0.5) is 0 Å². The fraction of sp³-hybridized carbons (Fsp3) is 1.00. The topological polar surface area (TPSA) is 21.3 Å². The molecule has 2 atom stereocenters. The number of rotatable bonds is 6. The Hall–Kier alpha value is -0.0800. The monoisotopic (exact) mass is 213 g/mol. The molecular formula is C13H27NO. The van der Waals surface area contributed by atoms with Crippen molar-refractivity contribution in [2.45, 2.75) is 64.5 Å². The van der Waals surface area contributed by atoms with Gasteiger partial charge in [-0.3, -0.25) is 0 Å². The van der Waals surface area contributed by atoms with Crippen molar-refractivity contribution >= 4 is 0 Å². The molecule has 2 unspecified atom stereocenters. The summed E-state index contributed by atoms with van der Waals surface area (Å²) in [7, 11) is 2.06. The van der Waals surface area contributed by atoms with Crippen molar-refractivity contribution in [1.29, 1.82) is 0 Å². The highest BCUT2D eigenvalue weighted by molar-refractivity contribution is 4.83. The molecular weight excluding hydrogens is 186 g/mol. The summed E-state index contributed by atoms with van der Waals surface area (Å²) in [5.74, 6) is 0.788. The van der Waals surface area contributed by atoms with Crippen molar-refractivity contribution in [3.8, 4) is 0 Å². The SMILES string of the molecule is CCOC(C1CCCCC1)C(CC)NC. The highest BCUT2D eigenvalue weighted by Gasteiger charge is 2.29. The standard InChI is InChI=1S/C13H27NO/c1-4-12(14-3)13(15-5-2)11-9-7-6-8-10-11/h11-14H,4-10H2,1-3H3. The molecule has 1 rings (SSSR count). The molecule has 1 aliphatic carbocycles. The first-order valence-corrected chi connectivity index (χ1v) is 6.62. The zero-order valence-electron chi connectivity index (χ0n) is 10.6. The molecule has 0 bridgehead atoms. The summed E-state index contributed by atoms with van der Waals surface area (Å²) in [6, 6.07) is 0.535. The first-order valence-electron chi connectivity index (χ1n) is 6.62. The lowest BCUT2D eigenvalue weighted by Crippen LogP contribution is -2.44. The van der Waals surface area contributed by atoms with E-state index in [-0.39, 0.29) is 0 Å². The molecule has 0 heterocycles. The lowest BCUT2D eigenvalue weighted by molar-refractivity contribution is -0.0167. The Labute approximate surface area is 94.8 Å². The minimum absolute atomic E-state index is 0.435. The van der Waals surface area contributed by atoms with Crippen molar-refractivity contribution in [3.05, 3.63) is 0 Å². The van der Waals surface area contributed by atoms with Gasteiger partial charge in [-0.1, -0.05) is 26.2 Å². The Bertz CT molecular complexity index is 151. The second kappa shape index (κ2) is 7.24. The third kappa shape index (κ3) is 3.76. The molecule has 0 spiro atoms. The predicted molar refractivity (Wildman–Crippen MR) is 65.1 cm³/mol. The van der Waals surface area contributed by atoms with E-state index in [2.05, 4.69) is 26.2 Å². The maximum Gasteiger partial charge on any atom is 0.0755 e. The third-order valence-corrected chi connectivity index (χ3v) is 3.68. The number of hydrogen-bond acceptors (Lipinski definition) is 2. The van der Waals surface area contributed by atoms with E-state index in [1.54, 1.807) is 0 Å². The zero-order valence-corrected chi connectivity index (χ0v) is 10.6. The van der Waals surface area contributed by atoms with E-state index in [1.165, 1.54) is 32.1 Å². The minimum Gasteiger partial charge on any atom is -0.377 e. The minimum atomic E-state index is 0.435. The van der Waals surface area contributed by atoms with Gasteiger partial charge >= 0.3 is 0 Å². The van der Waals surface area contributed by atoms with Crippen LogP contribution in [0, 0.1) is 5.92 Å². The van der Waals surface area contributed by atoms with Gasteiger partial charge in [0.25, 0.3) is 0 Å². The quantitative estimate of drug-likeness (QED) is 0.732. The molecule has 0 aromatic carbocycles. The van der Waals surface area contributed by atoms with E-state index >= 15 is 0 Å². The van der Waals surface area contributed by atoms with Crippen LogP contribution >= 0.6 is 0 Å². The lowest BCUT2D eigenvalue weighted by Gasteiger charge is -2.35. The number of likely N-dealkylation sites (N-methyl/N-ethyl adjacent to an activating group) is 1. The lowest BCUT2D eigenvalue weighted by atomic mass is 9.82. The summed E-state index contributed by atoms with van der Waals surface area (Å²) in [5, 5.41) is 3.41. The van der Waals surface area contributed by atoms with Gasteiger partial charge in [-0.25, -0.2) is 0 Å².